The van der Waals surface area contributed by atoms with Crippen molar-refractivity contribution in [3.63, 3.8) is 0 Å². The second-order valence-corrected chi connectivity index (χ2v) is 10.8. The van der Waals surface area contributed by atoms with Crippen LogP contribution in [-0.4, -0.2) is 83.7 Å². The predicted molar refractivity (Wildman–Crippen MR) is 150 cm³/mol. The van der Waals surface area contributed by atoms with E-state index in [9.17, 15) is 24.6 Å². The first kappa shape index (κ1) is 32.8. The number of aliphatic hydroxyl groups excluding tert-OH is 2. The smallest absolute Gasteiger partial charge is 0.412 e. The van der Waals surface area contributed by atoms with E-state index in [2.05, 4.69) is 0 Å². The Balaban J connectivity index is 1.68. The Morgan fingerprint density at radius 3 is 2.64 bits per heavy atom. The number of rotatable bonds is 17. The summed E-state index contributed by atoms with van der Waals surface area (Å²) < 4.78 is 15.0. The minimum absolute atomic E-state index is 0.0438. The molecule has 0 bridgehead atoms. The second-order valence-electron chi connectivity index (χ2n) is 9.55. The van der Waals surface area contributed by atoms with Crippen LogP contribution in [-0.2, 0) is 36.8 Å². The number of aliphatic hydroxyl groups is 2. The van der Waals surface area contributed by atoms with Crippen molar-refractivity contribution in [1.29, 1.82) is 0 Å². The van der Waals surface area contributed by atoms with Crippen LogP contribution in [0.3, 0.4) is 0 Å². The number of ether oxygens (including phenoxy) is 3. The predicted octanol–water partition coefficient (Wildman–Crippen LogP) is 3.74. The molecule has 10 heteroatoms. The molecule has 9 nitrogen and oxygen atoms in total. The Bertz CT molecular complexity index is 936. The van der Waals surface area contributed by atoms with Gasteiger partial charge in [-0.25, -0.2) is 4.79 Å². The molecule has 2 N–H and O–H groups in total. The van der Waals surface area contributed by atoms with Crippen molar-refractivity contribution in [2.45, 2.75) is 64.8 Å². The van der Waals surface area contributed by atoms with Crippen LogP contribution in [0.5, 0.6) is 0 Å². The number of methoxy groups -OCH3 is 1. The van der Waals surface area contributed by atoms with Crippen molar-refractivity contribution in [3.05, 3.63) is 47.5 Å². The van der Waals surface area contributed by atoms with E-state index < -0.39 is 31.1 Å². The molecule has 39 heavy (non-hydrogen) atoms. The Kier molecular flexibility index (Phi) is 15.2. The van der Waals surface area contributed by atoms with Crippen molar-refractivity contribution in [1.82, 2.24) is 4.90 Å². The van der Waals surface area contributed by atoms with Gasteiger partial charge in [-0.2, -0.15) is 11.8 Å². The lowest BCUT2D eigenvalue weighted by molar-refractivity contribution is -0.152. The molecule has 218 valence electrons. The molecule has 4 atom stereocenters. The lowest BCUT2D eigenvalue weighted by Crippen LogP contribution is -2.31. The van der Waals surface area contributed by atoms with Crippen LogP contribution in [0.25, 0.3) is 0 Å². The normalized spacial score (nSPS) is 19.8. The molecular formula is C29H43NO8S. The van der Waals surface area contributed by atoms with Gasteiger partial charge in [0.2, 0.25) is 6.79 Å². The average molecular weight is 566 g/mol. The topological polar surface area (TPSA) is 123 Å². The summed E-state index contributed by atoms with van der Waals surface area (Å²) >= 11 is 1.64. The molecule has 1 saturated carbocycles. The van der Waals surface area contributed by atoms with E-state index in [1.54, 1.807) is 31.0 Å². The molecule has 0 spiro atoms. The summed E-state index contributed by atoms with van der Waals surface area (Å²) in [6, 6.07) is 7.85. The van der Waals surface area contributed by atoms with Gasteiger partial charge in [0.15, 0.2) is 0 Å². The van der Waals surface area contributed by atoms with Gasteiger partial charge in [0.05, 0.1) is 18.8 Å². The van der Waals surface area contributed by atoms with Gasteiger partial charge in [-0.1, -0.05) is 36.4 Å². The van der Waals surface area contributed by atoms with Crippen LogP contribution in [0.4, 0.5) is 4.79 Å². The summed E-state index contributed by atoms with van der Waals surface area (Å²) in [5.41, 5.74) is 2.02. The number of Topliss-reactive ketones (excluding diaryl/α,β-unsaturated/α-hetero) is 1. The fraction of sp³-hybridized carbons (Fsp3) is 0.621. The van der Waals surface area contributed by atoms with Gasteiger partial charge in [-0.15, -0.1) is 0 Å². The summed E-state index contributed by atoms with van der Waals surface area (Å²) in [7, 11) is 1.64. The lowest BCUT2D eigenvalue weighted by Gasteiger charge is -2.18. The molecule has 0 aliphatic heterocycles. The summed E-state index contributed by atoms with van der Waals surface area (Å²) in [5.74, 6) is 0.458. The maximum atomic E-state index is 12.5. The zero-order valence-corrected chi connectivity index (χ0v) is 24.1. The van der Waals surface area contributed by atoms with Crippen LogP contribution in [0.1, 0.15) is 50.7 Å². The first-order valence-electron chi connectivity index (χ1n) is 13.6. The maximum Gasteiger partial charge on any atom is 0.412 e. The number of thioether (sulfide) groups is 1. The van der Waals surface area contributed by atoms with Gasteiger partial charge in [0.25, 0.3) is 0 Å². The monoisotopic (exact) mass is 565 g/mol. The van der Waals surface area contributed by atoms with Crippen LogP contribution in [0.15, 0.2) is 36.4 Å². The molecule has 0 heterocycles. The van der Waals surface area contributed by atoms with E-state index in [0.29, 0.717) is 39.0 Å². The zero-order valence-electron chi connectivity index (χ0n) is 23.3. The summed E-state index contributed by atoms with van der Waals surface area (Å²) in [6.45, 7) is 4.84. The number of hydrogen-bond acceptors (Lipinski definition) is 9. The van der Waals surface area contributed by atoms with E-state index in [1.165, 1.54) is 4.90 Å². The number of carbonyl (C=O) groups excluding carboxylic acids is 3. The summed E-state index contributed by atoms with van der Waals surface area (Å²) in [4.78, 5) is 37.5. The SMILES string of the molecule is CCN(CC)C(=O)OCOC(=O)CCCSCC[C@H]1C(=O)C[C@@H](O)[C@H]1/C=C/[C@@H](O)Cc1cccc(COC)c1. The number of ketones is 1. The second kappa shape index (κ2) is 18.0. The highest BCUT2D eigenvalue weighted by Crippen LogP contribution is 2.34. The van der Waals surface area contributed by atoms with Crippen molar-refractivity contribution in [3.8, 4) is 0 Å². The first-order valence-corrected chi connectivity index (χ1v) is 14.7. The largest absolute Gasteiger partial charge is 0.428 e. The van der Waals surface area contributed by atoms with Gasteiger partial charge in [-0.3, -0.25) is 9.59 Å². The number of carbonyl (C=O) groups is 3. The summed E-state index contributed by atoms with van der Waals surface area (Å²) in [5, 5.41) is 20.9. The quantitative estimate of drug-likeness (QED) is 0.126. The Hall–Kier alpha value is -2.40. The minimum Gasteiger partial charge on any atom is -0.428 e. The zero-order chi connectivity index (χ0) is 28.6. The van der Waals surface area contributed by atoms with Gasteiger partial charge in [0.1, 0.15) is 5.78 Å². The van der Waals surface area contributed by atoms with Crippen LogP contribution < -0.4 is 0 Å². The number of amides is 1. The molecule has 0 unspecified atom stereocenters. The average Bonchev–Trinajstić information content (AvgIpc) is 3.17. The Morgan fingerprint density at radius 1 is 1.18 bits per heavy atom. The number of benzene rings is 1. The third-order valence-electron chi connectivity index (χ3n) is 6.70. The number of nitrogens with zero attached hydrogens (tertiary/aromatic N) is 1. The van der Waals surface area contributed by atoms with Gasteiger partial charge >= 0.3 is 12.1 Å². The van der Waals surface area contributed by atoms with Crippen LogP contribution in [0, 0.1) is 11.8 Å². The molecule has 1 amide bonds. The Morgan fingerprint density at radius 2 is 1.92 bits per heavy atom. The molecule has 1 aliphatic rings. The van der Waals surface area contributed by atoms with Gasteiger partial charge < -0.3 is 29.3 Å². The van der Waals surface area contributed by atoms with Gasteiger partial charge in [-0.05, 0) is 49.3 Å². The third-order valence-corrected chi connectivity index (χ3v) is 7.80. The van der Waals surface area contributed by atoms with Crippen LogP contribution >= 0.6 is 11.8 Å². The van der Waals surface area contributed by atoms with E-state index in [-0.39, 0.29) is 30.5 Å². The van der Waals surface area contributed by atoms with Crippen molar-refractivity contribution in [2.75, 3.05) is 38.5 Å². The van der Waals surface area contributed by atoms with Crippen LogP contribution in [0.2, 0.25) is 0 Å². The number of hydrogen-bond donors (Lipinski definition) is 2. The highest BCUT2D eigenvalue weighted by atomic mass is 32.2. The van der Waals surface area contributed by atoms with E-state index in [1.807, 2.05) is 38.1 Å². The highest BCUT2D eigenvalue weighted by molar-refractivity contribution is 7.99. The molecule has 0 saturated heterocycles. The standard InChI is InChI=1S/C29H43NO8S/c1-4-30(5-2)29(35)38-20-37-28(34)10-7-14-39-15-13-25-24(26(32)18-27(25)33)12-11-23(31)17-21-8-6-9-22(16-21)19-36-3/h6,8-9,11-12,16,23-26,31-32H,4-5,7,10,13-15,17-20H2,1-3H3/b12-11+/t23-,24+,25-,26-/m1/s1. The fourth-order valence-electron chi connectivity index (χ4n) is 4.59. The fourth-order valence-corrected chi connectivity index (χ4v) is 5.57. The molecule has 1 aliphatic carbocycles. The van der Waals surface area contributed by atoms with Crippen molar-refractivity contribution >= 4 is 29.6 Å². The third kappa shape index (κ3) is 11.7. The molecular weight excluding hydrogens is 522 g/mol. The summed E-state index contributed by atoms with van der Waals surface area (Å²) in [6.07, 6.45) is 3.51. The molecule has 1 fully saturated rings. The maximum absolute atomic E-state index is 12.5. The van der Waals surface area contributed by atoms with E-state index in [4.69, 9.17) is 14.2 Å². The molecule has 1 aromatic rings. The number of esters is 1. The van der Waals surface area contributed by atoms with Gasteiger partial charge in [0, 0.05) is 51.3 Å². The molecule has 1 aromatic carbocycles. The molecule has 0 aromatic heterocycles. The molecule has 2 rings (SSSR count). The highest BCUT2D eigenvalue weighted by Gasteiger charge is 2.39. The minimum atomic E-state index is -0.744. The molecule has 0 radical (unpaired) electrons. The first-order chi connectivity index (χ1) is 18.8. The lowest BCUT2D eigenvalue weighted by atomic mass is 9.91. The van der Waals surface area contributed by atoms with Crippen molar-refractivity contribution < 1.29 is 38.8 Å². The Labute approximate surface area is 235 Å². The van der Waals surface area contributed by atoms with Crippen molar-refractivity contribution in [2.24, 2.45) is 11.8 Å². The van der Waals surface area contributed by atoms with E-state index >= 15 is 0 Å². The van der Waals surface area contributed by atoms with E-state index in [0.717, 1.165) is 22.6 Å².